The first-order valence-corrected chi connectivity index (χ1v) is 5.24. The molecule has 0 bridgehead atoms. The van der Waals surface area contributed by atoms with Gasteiger partial charge in [-0.15, -0.1) is 0 Å². The summed E-state index contributed by atoms with van der Waals surface area (Å²) in [5.41, 5.74) is 0. The SMILES string of the molecule is CC(C)OCCC[NH2+]Cc1ccco1. The predicted octanol–water partition coefficient (Wildman–Crippen LogP) is 1.16. The lowest BCUT2D eigenvalue weighted by molar-refractivity contribution is -0.672. The second-order valence-electron chi connectivity index (χ2n) is 3.63. The lowest BCUT2D eigenvalue weighted by Crippen LogP contribution is -2.82. The van der Waals surface area contributed by atoms with Crippen LogP contribution in [0, 0.1) is 0 Å². The second kappa shape index (κ2) is 6.62. The summed E-state index contributed by atoms with van der Waals surface area (Å²) in [7, 11) is 0. The minimum Gasteiger partial charge on any atom is -0.463 e. The van der Waals surface area contributed by atoms with Gasteiger partial charge in [0.1, 0.15) is 6.54 Å². The number of rotatable bonds is 7. The zero-order valence-corrected chi connectivity index (χ0v) is 9.03. The Morgan fingerprint density at radius 3 is 3.00 bits per heavy atom. The highest BCUT2D eigenvalue weighted by Gasteiger charge is 1.98. The molecule has 0 atom stereocenters. The van der Waals surface area contributed by atoms with Crippen LogP contribution in [0.15, 0.2) is 22.8 Å². The van der Waals surface area contributed by atoms with Gasteiger partial charge in [-0.05, 0) is 26.0 Å². The van der Waals surface area contributed by atoms with E-state index in [1.807, 2.05) is 12.1 Å². The third-order valence-electron chi connectivity index (χ3n) is 1.93. The molecule has 1 aromatic heterocycles. The van der Waals surface area contributed by atoms with Crippen molar-refractivity contribution >= 4 is 0 Å². The van der Waals surface area contributed by atoms with E-state index in [0.29, 0.717) is 6.10 Å². The molecule has 14 heavy (non-hydrogen) atoms. The Kier molecular flexibility index (Phi) is 5.33. The highest BCUT2D eigenvalue weighted by atomic mass is 16.5. The first-order chi connectivity index (χ1) is 6.79. The third kappa shape index (κ3) is 5.04. The maximum atomic E-state index is 5.44. The fraction of sp³-hybridized carbons (Fsp3) is 0.636. The summed E-state index contributed by atoms with van der Waals surface area (Å²) in [6.45, 7) is 6.99. The molecular weight excluding hydrogens is 178 g/mol. The van der Waals surface area contributed by atoms with Crippen molar-refractivity contribution in [3.05, 3.63) is 24.2 Å². The molecule has 0 spiro atoms. The minimum atomic E-state index is 0.347. The summed E-state index contributed by atoms with van der Waals surface area (Å²) in [5, 5.41) is 2.24. The summed E-state index contributed by atoms with van der Waals surface area (Å²) in [5.74, 6) is 1.04. The normalized spacial score (nSPS) is 11.1. The van der Waals surface area contributed by atoms with E-state index in [4.69, 9.17) is 9.15 Å². The van der Waals surface area contributed by atoms with Crippen molar-refractivity contribution < 1.29 is 14.5 Å². The summed E-state index contributed by atoms with van der Waals surface area (Å²) >= 11 is 0. The lowest BCUT2D eigenvalue weighted by atomic mass is 10.4. The summed E-state index contributed by atoms with van der Waals surface area (Å²) < 4.78 is 10.7. The number of ether oxygens (including phenoxy) is 1. The van der Waals surface area contributed by atoms with Crippen LogP contribution in [0.5, 0.6) is 0 Å². The zero-order chi connectivity index (χ0) is 10.2. The quantitative estimate of drug-likeness (QED) is 0.668. The van der Waals surface area contributed by atoms with Crippen LogP contribution < -0.4 is 5.32 Å². The second-order valence-corrected chi connectivity index (χ2v) is 3.63. The van der Waals surface area contributed by atoms with Crippen LogP contribution in [0.2, 0.25) is 0 Å². The van der Waals surface area contributed by atoms with Crippen molar-refractivity contribution in [3.63, 3.8) is 0 Å². The van der Waals surface area contributed by atoms with Gasteiger partial charge in [-0.1, -0.05) is 0 Å². The fourth-order valence-electron chi connectivity index (χ4n) is 1.22. The molecule has 1 rings (SSSR count). The molecule has 0 aromatic carbocycles. The molecule has 0 radical (unpaired) electrons. The van der Waals surface area contributed by atoms with Crippen LogP contribution in [0.3, 0.4) is 0 Å². The van der Waals surface area contributed by atoms with E-state index in [1.165, 1.54) is 0 Å². The highest BCUT2D eigenvalue weighted by molar-refractivity contribution is 4.95. The topological polar surface area (TPSA) is 39.0 Å². The summed E-state index contributed by atoms with van der Waals surface area (Å²) in [6, 6.07) is 3.92. The van der Waals surface area contributed by atoms with Crippen molar-refractivity contribution in [2.75, 3.05) is 13.2 Å². The van der Waals surface area contributed by atoms with Crippen LogP contribution >= 0.6 is 0 Å². The van der Waals surface area contributed by atoms with Gasteiger partial charge in [-0.3, -0.25) is 0 Å². The highest BCUT2D eigenvalue weighted by Crippen LogP contribution is 1.95. The van der Waals surface area contributed by atoms with Crippen LogP contribution in [-0.4, -0.2) is 19.3 Å². The lowest BCUT2D eigenvalue weighted by Gasteiger charge is -2.05. The van der Waals surface area contributed by atoms with E-state index in [9.17, 15) is 0 Å². The van der Waals surface area contributed by atoms with Crippen LogP contribution in [0.4, 0.5) is 0 Å². The molecule has 0 amide bonds. The van der Waals surface area contributed by atoms with E-state index in [0.717, 1.165) is 31.9 Å². The Labute approximate surface area is 85.4 Å². The largest absolute Gasteiger partial charge is 0.463 e. The smallest absolute Gasteiger partial charge is 0.157 e. The average Bonchev–Trinajstić information content (AvgIpc) is 2.63. The van der Waals surface area contributed by atoms with Crippen molar-refractivity contribution in [1.82, 2.24) is 0 Å². The Morgan fingerprint density at radius 1 is 1.50 bits per heavy atom. The van der Waals surface area contributed by atoms with Gasteiger partial charge in [0.25, 0.3) is 0 Å². The van der Waals surface area contributed by atoms with Gasteiger partial charge in [0.05, 0.1) is 25.5 Å². The predicted molar refractivity (Wildman–Crippen MR) is 54.9 cm³/mol. The van der Waals surface area contributed by atoms with Gasteiger partial charge in [-0.25, -0.2) is 0 Å². The number of quaternary nitrogens is 1. The average molecular weight is 198 g/mol. The van der Waals surface area contributed by atoms with Crippen LogP contribution in [0.1, 0.15) is 26.0 Å². The molecule has 1 aromatic rings. The van der Waals surface area contributed by atoms with Gasteiger partial charge in [-0.2, -0.15) is 0 Å². The van der Waals surface area contributed by atoms with Crippen molar-refractivity contribution in [1.29, 1.82) is 0 Å². The zero-order valence-electron chi connectivity index (χ0n) is 9.03. The minimum absolute atomic E-state index is 0.347. The molecule has 0 unspecified atom stereocenters. The Bertz CT molecular complexity index is 219. The molecule has 2 N–H and O–H groups in total. The van der Waals surface area contributed by atoms with Crippen molar-refractivity contribution in [2.45, 2.75) is 32.9 Å². The number of furan rings is 1. The Morgan fingerprint density at radius 2 is 2.36 bits per heavy atom. The molecule has 0 fully saturated rings. The van der Waals surface area contributed by atoms with E-state index >= 15 is 0 Å². The summed E-state index contributed by atoms with van der Waals surface area (Å²) in [4.78, 5) is 0. The van der Waals surface area contributed by atoms with Gasteiger partial charge in [0, 0.05) is 6.42 Å². The van der Waals surface area contributed by atoms with E-state index in [1.54, 1.807) is 6.26 Å². The van der Waals surface area contributed by atoms with Gasteiger partial charge in [0.15, 0.2) is 5.76 Å². The number of hydrogen-bond acceptors (Lipinski definition) is 2. The van der Waals surface area contributed by atoms with Gasteiger partial charge < -0.3 is 14.5 Å². The fourth-order valence-corrected chi connectivity index (χ4v) is 1.22. The van der Waals surface area contributed by atoms with E-state index < -0.39 is 0 Å². The molecule has 0 aliphatic carbocycles. The van der Waals surface area contributed by atoms with Crippen LogP contribution in [0.25, 0.3) is 0 Å². The molecule has 1 heterocycles. The van der Waals surface area contributed by atoms with Crippen LogP contribution in [-0.2, 0) is 11.3 Å². The monoisotopic (exact) mass is 198 g/mol. The molecule has 3 nitrogen and oxygen atoms in total. The molecule has 0 saturated heterocycles. The number of hydrogen-bond donors (Lipinski definition) is 1. The molecule has 0 aliphatic heterocycles. The van der Waals surface area contributed by atoms with Crippen molar-refractivity contribution in [2.24, 2.45) is 0 Å². The summed E-state index contributed by atoms with van der Waals surface area (Å²) in [6.07, 6.45) is 3.16. The maximum Gasteiger partial charge on any atom is 0.157 e. The van der Waals surface area contributed by atoms with Gasteiger partial charge >= 0.3 is 0 Å². The maximum absolute atomic E-state index is 5.44. The number of nitrogens with two attached hydrogens (primary N) is 1. The van der Waals surface area contributed by atoms with Gasteiger partial charge in [0.2, 0.25) is 0 Å². The van der Waals surface area contributed by atoms with Crippen molar-refractivity contribution in [3.8, 4) is 0 Å². The van der Waals surface area contributed by atoms with E-state index in [2.05, 4.69) is 19.2 Å². The molecule has 0 saturated carbocycles. The third-order valence-corrected chi connectivity index (χ3v) is 1.93. The Balaban J connectivity index is 1.90. The first-order valence-electron chi connectivity index (χ1n) is 5.24. The standard InChI is InChI=1S/C11H19NO2/c1-10(2)13-8-4-6-12-9-11-5-3-7-14-11/h3,5,7,10,12H,4,6,8-9H2,1-2H3/p+1. The molecule has 80 valence electrons. The molecule has 3 heteroatoms. The van der Waals surface area contributed by atoms with E-state index in [-0.39, 0.29) is 0 Å². The molecule has 0 aliphatic rings. The molecular formula is C11H20NO2+. The first kappa shape index (κ1) is 11.3. The Hall–Kier alpha value is -0.800.